The fraction of sp³-hybridized carbons (Fsp3) is 0.176. The second-order valence-corrected chi connectivity index (χ2v) is 5.21. The Morgan fingerprint density at radius 3 is 2.68 bits per heavy atom. The molecule has 0 saturated heterocycles. The van der Waals surface area contributed by atoms with E-state index in [1.165, 1.54) is 6.08 Å². The van der Waals surface area contributed by atoms with E-state index in [-0.39, 0.29) is 11.7 Å². The van der Waals surface area contributed by atoms with Crippen LogP contribution in [0.25, 0.3) is 17.4 Å². The van der Waals surface area contributed by atoms with Crippen LogP contribution < -0.4 is 0 Å². The lowest BCUT2D eigenvalue weighted by molar-refractivity contribution is -0.142. The average molecular weight is 316 g/mol. The number of furan rings is 1. The molecule has 0 aliphatic rings. The lowest BCUT2D eigenvalue weighted by Crippen LogP contribution is -2.12. The molecule has 1 aromatic heterocycles. The number of carbonyl (C=O) groups excluding carboxylic acids is 1. The number of hydrogen-bond donors (Lipinski definition) is 0. The molecule has 0 bridgehead atoms. The summed E-state index contributed by atoms with van der Waals surface area (Å²) in [6.07, 6.45) is 1.06. The molecular formula is C17H14ClNO3. The van der Waals surface area contributed by atoms with Gasteiger partial charge >= 0.3 is 5.97 Å². The fourth-order valence-electron chi connectivity index (χ4n) is 1.79. The van der Waals surface area contributed by atoms with Crippen LogP contribution in [0.4, 0.5) is 0 Å². The SMILES string of the molecule is CC(C)OC(=O)/C(C#N)=C\c1ccc(-c2ccccc2Cl)o1. The molecule has 0 saturated carbocycles. The summed E-state index contributed by atoms with van der Waals surface area (Å²) in [4.78, 5) is 11.7. The van der Waals surface area contributed by atoms with Crippen molar-refractivity contribution >= 4 is 23.6 Å². The van der Waals surface area contributed by atoms with Crippen molar-refractivity contribution in [2.75, 3.05) is 0 Å². The van der Waals surface area contributed by atoms with Gasteiger partial charge < -0.3 is 9.15 Å². The Labute approximate surface area is 133 Å². The van der Waals surface area contributed by atoms with Gasteiger partial charge in [-0.2, -0.15) is 5.26 Å². The molecule has 0 N–H and O–H groups in total. The first-order valence-corrected chi connectivity index (χ1v) is 7.06. The van der Waals surface area contributed by atoms with Crippen LogP contribution in [0, 0.1) is 11.3 Å². The summed E-state index contributed by atoms with van der Waals surface area (Å²) in [5.41, 5.74) is 0.626. The van der Waals surface area contributed by atoms with Gasteiger partial charge in [-0.15, -0.1) is 0 Å². The summed E-state index contributed by atoms with van der Waals surface area (Å²) in [7, 11) is 0. The maximum Gasteiger partial charge on any atom is 0.349 e. The highest BCUT2D eigenvalue weighted by Gasteiger charge is 2.14. The van der Waals surface area contributed by atoms with E-state index in [1.807, 2.05) is 24.3 Å². The second-order valence-electron chi connectivity index (χ2n) is 4.81. The van der Waals surface area contributed by atoms with Crippen molar-refractivity contribution in [3.63, 3.8) is 0 Å². The largest absolute Gasteiger partial charge is 0.459 e. The predicted octanol–water partition coefficient (Wildman–Crippen LogP) is 4.46. The van der Waals surface area contributed by atoms with Crippen molar-refractivity contribution in [1.82, 2.24) is 0 Å². The van der Waals surface area contributed by atoms with E-state index in [0.29, 0.717) is 16.5 Å². The number of rotatable bonds is 4. The van der Waals surface area contributed by atoms with E-state index >= 15 is 0 Å². The molecule has 1 heterocycles. The number of carbonyl (C=O) groups is 1. The van der Waals surface area contributed by atoms with E-state index < -0.39 is 5.97 Å². The maximum atomic E-state index is 11.7. The summed E-state index contributed by atoms with van der Waals surface area (Å²) < 4.78 is 10.6. The smallest absolute Gasteiger partial charge is 0.349 e. The zero-order valence-electron chi connectivity index (χ0n) is 12.2. The summed E-state index contributed by atoms with van der Waals surface area (Å²) in [5, 5.41) is 9.62. The Bertz CT molecular complexity index is 753. The highest BCUT2D eigenvalue weighted by atomic mass is 35.5. The lowest BCUT2D eigenvalue weighted by Gasteiger charge is -2.05. The Hall–Kier alpha value is -2.51. The molecule has 22 heavy (non-hydrogen) atoms. The highest BCUT2D eigenvalue weighted by Crippen LogP contribution is 2.29. The lowest BCUT2D eigenvalue weighted by atomic mass is 10.2. The van der Waals surface area contributed by atoms with E-state index in [0.717, 1.165) is 5.56 Å². The fourth-order valence-corrected chi connectivity index (χ4v) is 2.02. The first-order chi connectivity index (χ1) is 10.5. The molecular weight excluding hydrogens is 302 g/mol. The van der Waals surface area contributed by atoms with E-state index in [9.17, 15) is 4.79 Å². The zero-order chi connectivity index (χ0) is 16.1. The predicted molar refractivity (Wildman–Crippen MR) is 84.0 cm³/mol. The molecule has 4 nitrogen and oxygen atoms in total. The minimum Gasteiger partial charge on any atom is -0.459 e. The van der Waals surface area contributed by atoms with Crippen LogP contribution >= 0.6 is 11.6 Å². The first-order valence-electron chi connectivity index (χ1n) is 6.68. The molecule has 5 heteroatoms. The minimum atomic E-state index is -0.673. The van der Waals surface area contributed by atoms with Crippen LogP contribution in [0.5, 0.6) is 0 Å². The Kier molecular flexibility index (Phi) is 5.03. The Balaban J connectivity index is 2.28. The second kappa shape index (κ2) is 6.97. The van der Waals surface area contributed by atoms with Crippen molar-refractivity contribution in [3.8, 4) is 17.4 Å². The third kappa shape index (κ3) is 3.78. The standard InChI is InChI=1S/C17H14ClNO3/c1-11(2)21-17(20)12(10-19)9-13-7-8-16(22-13)14-5-3-4-6-15(14)18/h3-9,11H,1-2H3/b12-9-. The number of nitrogens with zero attached hydrogens (tertiary/aromatic N) is 1. The van der Waals surface area contributed by atoms with Crippen molar-refractivity contribution in [3.05, 3.63) is 52.8 Å². The van der Waals surface area contributed by atoms with Gasteiger partial charge in [-0.25, -0.2) is 4.79 Å². The van der Waals surface area contributed by atoms with Gasteiger partial charge in [-0.05, 0) is 38.1 Å². The van der Waals surface area contributed by atoms with Crippen molar-refractivity contribution in [2.45, 2.75) is 20.0 Å². The molecule has 0 amide bonds. The molecule has 0 atom stereocenters. The van der Waals surface area contributed by atoms with Gasteiger partial charge in [0.05, 0.1) is 11.1 Å². The number of halogens is 1. The quantitative estimate of drug-likeness (QED) is 0.475. The summed E-state index contributed by atoms with van der Waals surface area (Å²) >= 11 is 6.11. The molecule has 0 aliphatic heterocycles. The number of ether oxygens (including phenoxy) is 1. The topological polar surface area (TPSA) is 63.2 Å². The maximum absolute atomic E-state index is 11.7. The van der Waals surface area contributed by atoms with Crippen LogP contribution in [-0.4, -0.2) is 12.1 Å². The van der Waals surface area contributed by atoms with Crippen molar-refractivity contribution < 1.29 is 13.9 Å². The minimum absolute atomic E-state index is 0.117. The van der Waals surface area contributed by atoms with Gasteiger partial charge in [0.25, 0.3) is 0 Å². The van der Waals surface area contributed by atoms with Gasteiger partial charge in [0.2, 0.25) is 0 Å². The van der Waals surface area contributed by atoms with Gasteiger partial charge in [0, 0.05) is 11.6 Å². The van der Waals surface area contributed by atoms with Crippen LogP contribution in [0.15, 0.2) is 46.4 Å². The third-order valence-electron chi connectivity index (χ3n) is 2.74. The van der Waals surface area contributed by atoms with Crippen LogP contribution in [0.3, 0.4) is 0 Å². The number of esters is 1. The first kappa shape index (κ1) is 15.9. The van der Waals surface area contributed by atoms with Gasteiger partial charge in [-0.1, -0.05) is 23.7 Å². The average Bonchev–Trinajstić information content (AvgIpc) is 2.92. The third-order valence-corrected chi connectivity index (χ3v) is 3.07. The van der Waals surface area contributed by atoms with Crippen molar-refractivity contribution in [2.24, 2.45) is 0 Å². The molecule has 0 radical (unpaired) electrons. The highest BCUT2D eigenvalue weighted by molar-refractivity contribution is 6.33. The molecule has 112 valence electrons. The van der Waals surface area contributed by atoms with E-state index in [4.69, 9.17) is 26.0 Å². The van der Waals surface area contributed by atoms with E-state index in [1.54, 1.807) is 32.0 Å². The summed E-state index contributed by atoms with van der Waals surface area (Å²) in [5.74, 6) is 0.270. The summed E-state index contributed by atoms with van der Waals surface area (Å²) in [6.45, 7) is 3.44. The molecule has 0 fully saturated rings. The molecule has 2 aromatic rings. The van der Waals surface area contributed by atoms with Crippen molar-refractivity contribution in [1.29, 1.82) is 5.26 Å². The number of benzene rings is 1. The molecule has 0 spiro atoms. The van der Waals surface area contributed by atoms with E-state index in [2.05, 4.69) is 0 Å². The summed E-state index contributed by atoms with van der Waals surface area (Å²) in [6, 6.07) is 12.5. The molecule has 0 unspecified atom stereocenters. The van der Waals surface area contributed by atoms with Gasteiger partial charge in [0.15, 0.2) is 0 Å². The zero-order valence-corrected chi connectivity index (χ0v) is 12.9. The normalized spacial score (nSPS) is 11.3. The Morgan fingerprint density at radius 1 is 1.32 bits per heavy atom. The van der Waals surface area contributed by atoms with Crippen LogP contribution in [-0.2, 0) is 9.53 Å². The number of hydrogen-bond acceptors (Lipinski definition) is 4. The molecule has 1 aromatic carbocycles. The Morgan fingerprint density at radius 2 is 2.05 bits per heavy atom. The van der Waals surface area contributed by atoms with Crippen LogP contribution in [0.2, 0.25) is 5.02 Å². The van der Waals surface area contributed by atoms with Gasteiger partial charge in [0.1, 0.15) is 23.2 Å². The molecule has 0 aliphatic carbocycles. The van der Waals surface area contributed by atoms with Gasteiger partial charge in [-0.3, -0.25) is 0 Å². The number of nitriles is 1. The van der Waals surface area contributed by atoms with Crippen LogP contribution in [0.1, 0.15) is 19.6 Å². The molecule has 2 rings (SSSR count). The monoisotopic (exact) mass is 315 g/mol.